The summed E-state index contributed by atoms with van der Waals surface area (Å²) in [5, 5.41) is 9.34. The maximum Gasteiger partial charge on any atom is 0.316 e. The SMILES string of the molecule is CCOc1ccc(C(N)C2(C(=O)O)COC2)cc1C. The number of carboxylic acid groups (broad SMARTS) is 1. The second kappa shape index (κ2) is 5.19. The Kier molecular flexibility index (Phi) is 3.78. The number of hydrogen-bond donors (Lipinski definition) is 2. The van der Waals surface area contributed by atoms with Gasteiger partial charge in [0.05, 0.1) is 25.9 Å². The van der Waals surface area contributed by atoms with Gasteiger partial charge in [-0.3, -0.25) is 4.79 Å². The maximum atomic E-state index is 11.4. The summed E-state index contributed by atoms with van der Waals surface area (Å²) >= 11 is 0. The molecule has 5 heteroatoms. The third-order valence-corrected chi connectivity index (χ3v) is 3.60. The highest BCUT2D eigenvalue weighted by atomic mass is 16.5. The van der Waals surface area contributed by atoms with Gasteiger partial charge in [-0.2, -0.15) is 0 Å². The summed E-state index contributed by atoms with van der Waals surface area (Å²) in [6.07, 6.45) is 0. The Labute approximate surface area is 112 Å². The van der Waals surface area contributed by atoms with E-state index in [1.54, 1.807) is 0 Å². The minimum Gasteiger partial charge on any atom is -0.494 e. The number of hydrogen-bond acceptors (Lipinski definition) is 4. The highest BCUT2D eigenvalue weighted by molar-refractivity contribution is 5.77. The Hall–Kier alpha value is -1.59. The van der Waals surface area contributed by atoms with Gasteiger partial charge in [-0.15, -0.1) is 0 Å². The molecule has 19 heavy (non-hydrogen) atoms. The van der Waals surface area contributed by atoms with Crippen LogP contribution >= 0.6 is 0 Å². The summed E-state index contributed by atoms with van der Waals surface area (Å²) in [5.41, 5.74) is 6.88. The number of aliphatic carboxylic acids is 1. The Morgan fingerprint density at radius 3 is 2.68 bits per heavy atom. The van der Waals surface area contributed by atoms with Crippen LogP contribution < -0.4 is 10.5 Å². The van der Waals surface area contributed by atoms with Crippen LogP contribution in [0.4, 0.5) is 0 Å². The first-order chi connectivity index (χ1) is 9.01. The fourth-order valence-corrected chi connectivity index (χ4v) is 2.26. The van der Waals surface area contributed by atoms with Crippen molar-refractivity contribution in [3.63, 3.8) is 0 Å². The number of aryl methyl sites for hydroxylation is 1. The fourth-order valence-electron chi connectivity index (χ4n) is 2.26. The van der Waals surface area contributed by atoms with E-state index in [1.807, 2.05) is 32.0 Å². The number of ether oxygens (including phenoxy) is 2. The Bertz CT molecular complexity index is 482. The van der Waals surface area contributed by atoms with Crippen molar-refractivity contribution in [3.8, 4) is 5.75 Å². The zero-order valence-corrected chi connectivity index (χ0v) is 11.2. The summed E-state index contributed by atoms with van der Waals surface area (Å²) in [5.74, 6) is -0.106. The van der Waals surface area contributed by atoms with Crippen LogP contribution in [0.3, 0.4) is 0 Å². The highest BCUT2D eigenvalue weighted by Crippen LogP contribution is 2.40. The standard InChI is InChI=1S/C14H19NO4/c1-3-19-11-5-4-10(6-9(11)2)12(15)14(13(16)17)7-18-8-14/h4-6,12H,3,7-8,15H2,1-2H3,(H,16,17). The van der Waals surface area contributed by atoms with Gasteiger partial charge in [0.1, 0.15) is 11.2 Å². The van der Waals surface area contributed by atoms with Crippen LogP contribution in [0.15, 0.2) is 18.2 Å². The third-order valence-electron chi connectivity index (χ3n) is 3.60. The lowest BCUT2D eigenvalue weighted by Crippen LogP contribution is -2.55. The zero-order chi connectivity index (χ0) is 14.0. The molecule has 104 valence electrons. The molecular formula is C14H19NO4. The van der Waals surface area contributed by atoms with Crippen LogP contribution in [0.1, 0.15) is 24.1 Å². The van der Waals surface area contributed by atoms with Crippen molar-refractivity contribution in [1.29, 1.82) is 0 Å². The van der Waals surface area contributed by atoms with Gasteiger partial charge < -0.3 is 20.3 Å². The van der Waals surface area contributed by atoms with Crippen molar-refractivity contribution < 1.29 is 19.4 Å². The summed E-state index contributed by atoms with van der Waals surface area (Å²) in [7, 11) is 0. The largest absolute Gasteiger partial charge is 0.494 e. The van der Waals surface area contributed by atoms with Crippen molar-refractivity contribution in [3.05, 3.63) is 29.3 Å². The molecule has 1 saturated heterocycles. The van der Waals surface area contributed by atoms with E-state index >= 15 is 0 Å². The van der Waals surface area contributed by atoms with Crippen LogP contribution in [0.2, 0.25) is 0 Å². The van der Waals surface area contributed by atoms with Crippen molar-refractivity contribution in [2.24, 2.45) is 11.1 Å². The monoisotopic (exact) mass is 265 g/mol. The summed E-state index contributed by atoms with van der Waals surface area (Å²) in [6, 6.07) is 4.97. The molecule has 2 rings (SSSR count). The van der Waals surface area contributed by atoms with E-state index in [0.717, 1.165) is 16.9 Å². The molecule has 5 nitrogen and oxygen atoms in total. The molecule has 3 N–H and O–H groups in total. The topological polar surface area (TPSA) is 81.8 Å². The van der Waals surface area contributed by atoms with Gasteiger partial charge in [-0.05, 0) is 31.0 Å². The number of rotatable bonds is 5. The molecule has 0 saturated carbocycles. The molecule has 1 heterocycles. The van der Waals surface area contributed by atoms with E-state index in [9.17, 15) is 9.90 Å². The minimum absolute atomic E-state index is 0.162. The molecule has 1 aromatic carbocycles. The number of carbonyl (C=O) groups is 1. The van der Waals surface area contributed by atoms with Crippen LogP contribution in [0.25, 0.3) is 0 Å². The van der Waals surface area contributed by atoms with Crippen molar-refractivity contribution in [2.75, 3.05) is 19.8 Å². The average Bonchev–Trinajstić information content (AvgIpc) is 2.29. The Morgan fingerprint density at radius 1 is 1.58 bits per heavy atom. The van der Waals surface area contributed by atoms with Gasteiger partial charge in [-0.25, -0.2) is 0 Å². The average molecular weight is 265 g/mol. The quantitative estimate of drug-likeness (QED) is 0.843. The molecule has 0 aliphatic carbocycles. The van der Waals surface area contributed by atoms with Gasteiger partial charge in [-0.1, -0.05) is 12.1 Å². The molecule has 0 spiro atoms. The lowest BCUT2D eigenvalue weighted by atomic mass is 9.75. The van der Waals surface area contributed by atoms with E-state index in [-0.39, 0.29) is 13.2 Å². The van der Waals surface area contributed by atoms with Crippen molar-refractivity contribution >= 4 is 5.97 Å². The van der Waals surface area contributed by atoms with Crippen LogP contribution in [0.5, 0.6) is 5.75 Å². The molecule has 1 aliphatic heterocycles. The van der Waals surface area contributed by atoms with E-state index in [0.29, 0.717) is 6.61 Å². The smallest absolute Gasteiger partial charge is 0.316 e. The third kappa shape index (κ3) is 2.31. The molecule has 1 atom stereocenters. The summed E-state index contributed by atoms with van der Waals surface area (Å²) in [4.78, 5) is 11.4. The number of carboxylic acids is 1. The lowest BCUT2D eigenvalue weighted by Gasteiger charge is -2.42. The van der Waals surface area contributed by atoms with Crippen molar-refractivity contribution in [1.82, 2.24) is 0 Å². The number of nitrogens with two attached hydrogens (primary N) is 1. The van der Waals surface area contributed by atoms with Gasteiger partial charge >= 0.3 is 5.97 Å². The van der Waals surface area contributed by atoms with E-state index < -0.39 is 17.4 Å². The maximum absolute atomic E-state index is 11.4. The zero-order valence-electron chi connectivity index (χ0n) is 11.2. The Morgan fingerprint density at radius 2 is 2.26 bits per heavy atom. The van der Waals surface area contributed by atoms with Gasteiger partial charge in [0.25, 0.3) is 0 Å². The van der Waals surface area contributed by atoms with E-state index in [2.05, 4.69) is 0 Å². The number of benzene rings is 1. The summed E-state index contributed by atoms with van der Waals surface area (Å²) < 4.78 is 10.5. The first-order valence-corrected chi connectivity index (χ1v) is 6.31. The van der Waals surface area contributed by atoms with Crippen LogP contribution in [-0.4, -0.2) is 30.9 Å². The predicted molar refractivity (Wildman–Crippen MR) is 70.2 cm³/mol. The summed E-state index contributed by atoms with van der Waals surface area (Å²) in [6.45, 7) is 4.76. The lowest BCUT2D eigenvalue weighted by molar-refractivity contribution is -0.184. The molecule has 1 aliphatic rings. The first-order valence-electron chi connectivity index (χ1n) is 6.31. The molecular weight excluding hydrogens is 246 g/mol. The second-order valence-corrected chi connectivity index (χ2v) is 4.89. The second-order valence-electron chi connectivity index (χ2n) is 4.89. The molecule has 0 radical (unpaired) electrons. The molecule has 0 aromatic heterocycles. The van der Waals surface area contributed by atoms with Crippen LogP contribution in [-0.2, 0) is 9.53 Å². The highest BCUT2D eigenvalue weighted by Gasteiger charge is 2.51. The van der Waals surface area contributed by atoms with Crippen molar-refractivity contribution in [2.45, 2.75) is 19.9 Å². The molecule has 1 unspecified atom stereocenters. The van der Waals surface area contributed by atoms with Gasteiger partial charge in [0, 0.05) is 0 Å². The molecule has 1 aromatic rings. The molecule has 0 bridgehead atoms. The van der Waals surface area contributed by atoms with Gasteiger partial charge in [0.15, 0.2) is 0 Å². The fraction of sp³-hybridized carbons (Fsp3) is 0.500. The van der Waals surface area contributed by atoms with E-state index in [4.69, 9.17) is 15.2 Å². The minimum atomic E-state index is -1.00. The molecule has 1 fully saturated rings. The van der Waals surface area contributed by atoms with Crippen LogP contribution in [0, 0.1) is 12.3 Å². The van der Waals surface area contributed by atoms with Gasteiger partial charge in [0.2, 0.25) is 0 Å². The molecule has 0 amide bonds. The Balaban J connectivity index is 2.26. The van der Waals surface area contributed by atoms with E-state index in [1.165, 1.54) is 0 Å². The predicted octanol–water partition coefficient (Wildman–Crippen LogP) is 1.49. The first kappa shape index (κ1) is 13.8. The normalized spacial score (nSPS) is 18.5.